The molecule has 1 saturated heterocycles. The molecule has 1 unspecified atom stereocenters. The number of aryl methyl sites for hydroxylation is 1. The van der Waals surface area contributed by atoms with Gasteiger partial charge in [-0.05, 0) is 25.8 Å². The fraction of sp³-hybridized carbons (Fsp3) is 0.389. The van der Waals surface area contributed by atoms with Gasteiger partial charge in [-0.25, -0.2) is 9.07 Å². The Balaban J connectivity index is 1.68. The van der Waals surface area contributed by atoms with Crippen molar-refractivity contribution >= 4 is 17.6 Å². The van der Waals surface area contributed by atoms with Crippen LogP contribution in [0.4, 0.5) is 10.2 Å². The molecular formula is C18H21FN4O2. The fourth-order valence-corrected chi connectivity index (χ4v) is 2.99. The van der Waals surface area contributed by atoms with Crippen LogP contribution in [0.15, 0.2) is 30.5 Å². The van der Waals surface area contributed by atoms with Gasteiger partial charge >= 0.3 is 0 Å². The Morgan fingerprint density at radius 3 is 3.00 bits per heavy atom. The second-order valence-corrected chi connectivity index (χ2v) is 6.33. The van der Waals surface area contributed by atoms with Crippen molar-refractivity contribution in [2.75, 3.05) is 5.32 Å². The summed E-state index contributed by atoms with van der Waals surface area (Å²) in [5, 5.41) is 9.91. The SMILES string of the molecule is Cc1cnn(Cc2ccccc2F)c1NC(=O)CC1CCCC(=O)N1. The van der Waals surface area contributed by atoms with Gasteiger partial charge in [-0.3, -0.25) is 9.59 Å². The van der Waals surface area contributed by atoms with E-state index in [1.165, 1.54) is 6.07 Å². The number of piperidine rings is 1. The lowest BCUT2D eigenvalue weighted by molar-refractivity contribution is -0.124. The van der Waals surface area contributed by atoms with E-state index < -0.39 is 0 Å². The second kappa shape index (κ2) is 7.46. The first kappa shape index (κ1) is 17.1. The van der Waals surface area contributed by atoms with Gasteiger partial charge in [-0.2, -0.15) is 5.10 Å². The molecule has 2 aromatic rings. The van der Waals surface area contributed by atoms with E-state index in [9.17, 15) is 14.0 Å². The molecule has 0 bridgehead atoms. The lowest BCUT2D eigenvalue weighted by Crippen LogP contribution is -2.40. The molecule has 6 nitrogen and oxygen atoms in total. The van der Waals surface area contributed by atoms with Gasteiger partial charge in [0, 0.05) is 30.0 Å². The predicted molar refractivity (Wildman–Crippen MR) is 91.5 cm³/mol. The molecule has 1 aromatic carbocycles. The monoisotopic (exact) mass is 344 g/mol. The van der Waals surface area contributed by atoms with E-state index in [0.29, 0.717) is 17.8 Å². The van der Waals surface area contributed by atoms with Gasteiger partial charge in [0.05, 0.1) is 12.7 Å². The van der Waals surface area contributed by atoms with Crippen LogP contribution in [0, 0.1) is 12.7 Å². The first-order valence-corrected chi connectivity index (χ1v) is 8.38. The van der Waals surface area contributed by atoms with Gasteiger partial charge < -0.3 is 10.6 Å². The number of rotatable bonds is 5. The van der Waals surface area contributed by atoms with Gasteiger partial charge in [-0.15, -0.1) is 0 Å². The number of carbonyl (C=O) groups is 2. The third kappa shape index (κ3) is 4.23. The molecule has 25 heavy (non-hydrogen) atoms. The number of amides is 2. The van der Waals surface area contributed by atoms with Crippen molar-refractivity contribution in [2.24, 2.45) is 0 Å². The summed E-state index contributed by atoms with van der Waals surface area (Å²) in [7, 11) is 0. The molecule has 1 aliphatic rings. The van der Waals surface area contributed by atoms with E-state index in [1.54, 1.807) is 29.1 Å². The molecule has 0 aliphatic carbocycles. The van der Waals surface area contributed by atoms with Gasteiger partial charge in [0.15, 0.2) is 0 Å². The molecule has 7 heteroatoms. The van der Waals surface area contributed by atoms with Gasteiger partial charge in [0.25, 0.3) is 0 Å². The molecule has 1 fully saturated rings. The molecule has 132 valence electrons. The number of hydrogen-bond acceptors (Lipinski definition) is 3. The minimum absolute atomic E-state index is 0.00942. The van der Waals surface area contributed by atoms with Crippen LogP contribution in [0.2, 0.25) is 0 Å². The summed E-state index contributed by atoms with van der Waals surface area (Å²) >= 11 is 0. The average molecular weight is 344 g/mol. The molecule has 0 saturated carbocycles. The number of benzene rings is 1. The van der Waals surface area contributed by atoms with Crippen LogP contribution in [0.3, 0.4) is 0 Å². The molecule has 3 rings (SSSR count). The highest BCUT2D eigenvalue weighted by Gasteiger charge is 2.22. The van der Waals surface area contributed by atoms with Crippen LogP contribution in [-0.4, -0.2) is 27.6 Å². The first-order valence-electron chi connectivity index (χ1n) is 8.38. The standard InChI is InChI=1S/C18H21FN4O2/c1-12-10-20-23(11-13-5-2-3-7-15(13)19)18(12)22-17(25)9-14-6-4-8-16(24)21-14/h2-3,5,7,10,14H,4,6,8-9,11H2,1H3,(H,21,24)(H,22,25). The number of halogens is 1. The van der Waals surface area contributed by atoms with Crippen molar-refractivity contribution in [3.8, 4) is 0 Å². The van der Waals surface area contributed by atoms with Crippen LogP contribution in [-0.2, 0) is 16.1 Å². The predicted octanol–water partition coefficient (Wildman–Crippen LogP) is 2.38. The molecule has 1 aliphatic heterocycles. The van der Waals surface area contributed by atoms with E-state index in [1.807, 2.05) is 6.92 Å². The van der Waals surface area contributed by atoms with Gasteiger partial charge in [-0.1, -0.05) is 18.2 Å². The third-order valence-corrected chi connectivity index (χ3v) is 4.31. The maximum atomic E-state index is 13.9. The minimum atomic E-state index is -0.308. The smallest absolute Gasteiger partial charge is 0.227 e. The zero-order valence-corrected chi connectivity index (χ0v) is 14.1. The van der Waals surface area contributed by atoms with E-state index in [2.05, 4.69) is 15.7 Å². The molecule has 1 atom stereocenters. The quantitative estimate of drug-likeness (QED) is 0.874. The Morgan fingerprint density at radius 2 is 2.24 bits per heavy atom. The van der Waals surface area contributed by atoms with Crippen LogP contribution in [0.25, 0.3) is 0 Å². The van der Waals surface area contributed by atoms with E-state index >= 15 is 0 Å². The number of aromatic nitrogens is 2. The number of nitrogens with zero attached hydrogens (tertiary/aromatic N) is 2. The number of anilines is 1. The first-order chi connectivity index (χ1) is 12.0. The Kier molecular flexibility index (Phi) is 5.11. The van der Waals surface area contributed by atoms with Crippen molar-refractivity contribution in [2.45, 2.75) is 45.2 Å². The number of hydrogen-bond donors (Lipinski definition) is 2. The zero-order chi connectivity index (χ0) is 17.8. The van der Waals surface area contributed by atoms with Crippen molar-refractivity contribution < 1.29 is 14.0 Å². The van der Waals surface area contributed by atoms with Crippen molar-refractivity contribution in [3.63, 3.8) is 0 Å². The molecule has 2 heterocycles. The average Bonchev–Trinajstić information content (AvgIpc) is 2.90. The molecule has 0 spiro atoms. The van der Waals surface area contributed by atoms with Crippen LogP contribution in [0.5, 0.6) is 0 Å². The molecule has 2 N–H and O–H groups in total. The highest BCUT2D eigenvalue weighted by atomic mass is 19.1. The van der Waals surface area contributed by atoms with Crippen LogP contribution < -0.4 is 10.6 Å². The maximum absolute atomic E-state index is 13.9. The highest BCUT2D eigenvalue weighted by Crippen LogP contribution is 2.18. The summed E-state index contributed by atoms with van der Waals surface area (Å²) in [4.78, 5) is 23.8. The van der Waals surface area contributed by atoms with E-state index in [0.717, 1.165) is 18.4 Å². The minimum Gasteiger partial charge on any atom is -0.353 e. The Morgan fingerprint density at radius 1 is 1.44 bits per heavy atom. The summed E-state index contributed by atoms with van der Waals surface area (Å²) in [6.45, 7) is 2.07. The third-order valence-electron chi connectivity index (χ3n) is 4.31. The summed E-state index contributed by atoms with van der Waals surface area (Å²) < 4.78 is 15.4. The molecule has 2 amide bonds. The topological polar surface area (TPSA) is 76.0 Å². The van der Waals surface area contributed by atoms with Crippen molar-refractivity contribution in [3.05, 3.63) is 47.4 Å². The highest BCUT2D eigenvalue weighted by molar-refractivity contribution is 5.91. The second-order valence-electron chi connectivity index (χ2n) is 6.33. The summed E-state index contributed by atoms with van der Waals surface area (Å²) in [6, 6.07) is 6.35. The lowest BCUT2D eigenvalue weighted by Gasteiger charge is -2.22. The van der Waals surface area contributed by atoms with Crippen molar-refractivity contribution in [1.29, 1.82) is 0 Å². The normalized spacial score (nSPS) is 17.2. The fourth-order valence-electron chi connectivity index (χ4n) is 2.99. The van der Waals surface area contributed by atoms with E-state index in [-0.39, 0.29) is 36.6 Å². The van der Waals surface area contributed by atoms with Gasteiger partial charge in [0.2, 0.25) is 11.8 Å². The van der Waals surface area contributed by atoms with Crippen LogP contribution in [0.1, 0.15) is 36.8 Å². The summed E-state index contributed by atoms with van der Waals surface area (Å²) in [6.07, 6.45) is 3.97. The van der Waals surface area contributed by atoms with Gasteiger partial charge in [0.1, 0.15) is 11.6 Å². The number of nitrogens with one attached hydrogen (secondary N) is 2. The summed E-state index contributed by atoms with van der Waals surface area (Å²) in [5.74, 6) is 0.0450. The Labute approximate surface area is 145 Å². The maximum Gasteiger partial charge on any atom is 0.227 e. The molecule has 0 radical (unpaired) electrons. The molecular weight excluding hydrogens is 323 g/mol. The largest absolute Gasteiger partial charge is 0.353 e. The number of carbonyl (C=O) groups excluding carboxylic acids is 2. The van der Waals surface area contributed by atoms with Crippen molar-refractivity contribution in [1.82, 2.24) is 15.1 Å². The lowest BCUT2D eigenvalue weighted by atomic mass is 10.0. The summed E-state index contributed by atoms with van der Waals surface area (Å²) in [5.41, 5.74) is 1.30. The Bertz CT molecular complexity index is 787. The van der Waals surface area contributed by atoms with E-state index in [4.69, 9.17) is 0 Å². The zero-order valence-electron chi connectivity index (χ0n) is 14.1. The molecule has 1 aromatic heterocycles. The Hall–Kier alpha value is -2.70. The van der Waals surface area contributed by atoms with Crippen LogP contribution >= 0.6 is 0 Å².